The number of aryl methyl sites for hydroxylation is 1. The predicted octanol–water partition coefficient (Wildman–Crippen LogP) is 4.95. The number of rotatable bonds is 6. The number of carbonyl (C=O) groups is 1. The standard InChI is InChI=1S/C25H22N2O4/c1-27-22-7-5-4-6-21(22)26-24(27)16-23(17-8-12-19(29-2)13-9-17)31-25(28)18-10-14-20(30-3)15-11-18/h4-16H,1-3H3. The average Bonchev–Trinajstić information content (AvgIpc) is 3.14. The number of ether oxygens (including phenoxy) is 3. The Balaban J connectivity index is 1.73. The molecule has 4 rings (SSSR count). The Morgan fingerprint density at radius 3 is 2.00 bits per heavy atom. The fourth-order valence-corrected chi connectivity index (χ4v) is 3.22. The molecule has 0 saturated carbocycles. The number of carbonyl (C=O) groups excluding carboxylic acids is 1. The van der Waals surface area contributed by atoms with Gasteiger partial charge in [0.15, 0.2) is 0 Å². The van der Waals surface area contributed by atoms with Crippen LogP contribution in [0.25, 0.3) is 22.9 Å². The van der Waals surface area contributed by atoms with Crippen molar-refractivity contribution in [3.8, 4) is 11.5 Å². The highest BCUT2D eigenvalue weighted by Gasteiger charge is 2.15. The zero-order chi connectivity index (χ0) is 21.8. The number of fused-ring (bicyclic) bond motifs is 1. The summed E-state index contributed by atoms with van der Waals surface area (Å²) in [4.78, 5) is 17.5. The first kappa shape index (κ1) is 20.2. The Morgan fingerprint density at radius 2 is 1.42 bits per heavy atom. The molecule has 0 atom stereocenters. The average molecular weight is 414 g/mol. The van der Waals surface area contributed by atoms with E-state index in [0.29, 0.717) is 28.6 Å². The van der Waals surface area contributed by atoms with Gasteiger partial charge < -0.3 is 18.8 Å². The van der Waals surface area contributed by atoms with E-state index < -0.39 is 5.97 Å². The first-order valence-corrected chi connectivity index (χ1v) is 9.73. The molecule has 3 aromatic carbocycles. The molecule has 1 aromatic heterocycles. The second kappa shape index (κ2) is 8.75. The second-order valence-electron chi connectivity index (χ2n) is 6.87. The normalized spacial score (nSPS) is 11.4. The summed E-state index contributed by atoms with van der Waals surface area (Å²) in [5.41, 5.74) is 3.01. The molecule has 156 valence electrons. The van der Waals surface area contributed by atoms with Gasteiger partial charge in [0.05, 0.1) is 30.8 Å². The number of para-hydroxylation sites is 2. The lowest BCUT2D eigenvalue weighted by Gasteiger charge is -2.11. The fourth-order valence-electron chi connectivity index (χ4n) is 3.22. The van der Waals surface area contributed by atoms with E-state index in [1.54, 1.807) is 44.6 Å². The molecule has 0 amide bonds. The van der Waals surface area contributed by atoms with Crippen molar-refractivity contribution in [3.63, 3.8) is 0 Å². The van der Waals surface area contributed by atoms with E-state index in [1.165, 1.54) is 0 Å². The summed E-state index contributed by atoms with van der Waals surface area (Å²) in [6.45, 7) is 0. The van der Waals surface area contributed by atoms with Crippen LogP contribution >= 0.6 is 0 Å². The molecule has 4 aromatic rings. The summed E-state index contributed by atoms with van der Waals surface area (Å²) in [5.74, 6) is 1.98. The number of hydrogen-bond donors (Lipinski definition) is 0. The third-order valence-corrected chi connectivity index (χ3v) is 4.98. The van der Waals surface area contributed by atoms with Gasteiger partial charge in [0, 0.05) is 18.7 Å². The number of nitrogens with zero attached hydrogens (tertiary/aromatic N) is 2. The Morgan fingerprint density at radius 1 is 0.839 bits per heavy atom. The molecular weight excluding hydrogens is 392 g/mol. The molecular formula is C25H22N2O4. The van der Waals surface area contributed by atoms with Gasteiger partial charge in [-0.05, 0) is 60.7 Å². The van der Waals surface area contributed by atoms with Crippen molar-refractivity contribution in [2.24, 2.45) is 7.05 Å². The fraction of sp³-hybridized carbons (Fsp3) is 0.120. The van der Waals surface area contributed by atoms with Crippen molar-refractivity contribution < 1.29 is 19.0 Å². The molecule has 0 aliphatic rings. The lowest BCUT2D eigenvalue weighted by atomic mass is 10.1. The van der Waals surface area contributed by atoms with Gasteiger partial charge in [-0.2, -0.15) is 0 Å². The van der Waals surface area contributed by atoms with Crippen LogP contribution < -0.4 is 9.47 Å². The van der Waals surface area contributed by atoms with Crippen molar-refractivity contribution in [3.05, 3.63) is 89.7 Å². The van der Waals surface area contributed by atoms with Gasteiger partial charge in [-0.1, -0.05) is 12.1 Å². The third kappa shape index (κ3) is 4.28. The summed E-state index contributed by atoms with van der Waals surface area (Å²) in [5, 5.41) is 0. The number of benzene rings is 3. The first-order chi connectivity index (χ1) is 15.1. The number of aromatic nitrogens is 2. The molecule has 0 unspecified atom stereocenters. The van der Waals surface area contributed by atoms with Crippen molar-refractivity contribution in [2.75, 3.05) is 14.2 Å². The largest absolute Gasteiger partial charge is 0.497 e. The number of hydrogen-bond acceptors (Lipinski definition) is 5. The first-order valence-electron chi connectivity index (χ1n) is 9.73. The SMILES string of the molecule is COc1ccc(C(=O)OC(=Cc2nc3ccccc3n2C)c2ccc(OC)cc2)cc1. The Hall–Kier alpha value is -4.06. The van der Waals surface area contributed by atoms with Crippen LogP contribution in [0.3, 0.4) is 0 Å². The predicted molar refractivity (Wildman–Crippen MR) is 120 cm³/mol. The minimum atomic E-state index is -0.469. The summed E-state index contributed by atoms with van der Waals surface area (Å²) < 4.78 is 18.2. The molecule has 0 radical (unpaired) electrons. The molecule has 0 spiro atoms. The lowest BCUT2D eigenvalue weighted by Crippen LogP contribution is -2.05. The zero-order valence-electron chi connectivity index (χ0n) is 17.5. The summed E-state index contributed by atoms with van der Waals surface area (Å²) in [6, 6.07) is 21.9. The Kier molecular flexibility index (Phi) is 5.71. The van der Waals surface area contributed by atoms with Crippen LogP contribution in [0.2, 0.25) is 0 Å². The van der Waals surface area contributed by atoms with E-state index in [2.05, 4.69) is 4.98 Å². The molecule has 1 heterocycles. The smallest absolute Gasteiger partial charge is 0.343 e. The van der Waals surface area contributed by atoms with E-state index in [-0.39, 0.29) is 0 Å². The minimum Gasteiger partial charge on any atom is -0.497 e. The number of imidazole rings is 1. The molecule has 0 aliphatic carbocycles. The van der Waals surface area contributed by atoms with Gasteiger partial charge in [-0.3, -0.25) is 0 Å². The van der Waals surface area contributed by atoms with Crippen LogP contribution in [-0.4, -0.2) is 29.7 Å². The monoisotopic (exact) mass is 414 g/mol. The molecule has 6 heteroatoms. The highest BCUT2D eigenvalue weighted by Crippen LogP contribution is 2.25. The van der Waals surface area contributed by atoms with Gasteiger partial charge >= 0.3 is 5.97 Å². The Bertz CT molecular complexity index is 1240. The molecule has 0 bridgehead atoms. The molecule has 6 nitrogen and oxygen atoms in total. The van der Waals surface area contributed by atoms with Gasteiger partial charge in [-0.15, -0.1) is 0 Å². The minimum absolute atomic E-state index is 0.391. The van der Waals surface area contributed by atoms with Gasteiger partial charge in [0.1, 0.15) is 23.1 Å². The van der Waals surface area contributed by atoms with Crippen LogP contribution in [-0.2, 0) is 11.8 Å². The molecule has 0 aliphatic heterocycles. The van der Waals surface area contributed by atoms with E-state index in [0.717, 1.165) is 16.6 Å². The summed E-state index contributed by atoms with van der Waals surface area (Å²) in [7, 11) is 5.11. The zero-order valence-corrected chi connectivity index (χ0v) is 17.5. The van der Waals surface area contributed by atoms with Crippen molar-refractivity contribution in [1.29, 1.82) is 0 Å². The molecule has 0 N–H and O–H groups in total. The number of methoxy groups -OCH3 is 2. The van der Waals surface area contributed by atoms with Crippen LogP contribution in [0.4, 0.5) is 0 Å². The van der Waals surface area contributed by atoms with Crippen molar-refractivity contribution in [2.45, 2.75) is 0 Å². The topological polar surface area (TPSA) is 62.6 Å². The molecule has 0 saturated heterocycles. The molecule has 31 heavy (non-hydrogen) atoms. The van der Waals surface area contributed by atoms with Crippen LogP contribution in [0.5, 0.6) is 11.5 Å². The highest BCUT2D eigenvalue weighted by atomic mass is 16.5. The van der Waals surface area contributed by atoms with E-state index >= 15 is 0 Å². The van der Waals surface area contributed by atoms with Crippen molar-refractivity contribution in [1.82, 2.24) is 9.55 Å². The second-order valence-corrected chi connectivity index (χ2v) is 6.87. The maximum Gasteiger partial charge on any atom is 0.343 e. The summed E-state index contributed by atoms with van der Waals surface area (Å²) in [6.07, 6.45) is 1.77. The quantitative estimate of drug-likeness (QED) is 0.330. The molecule has 0 fully saturated rings. The van der Waals surface area contributed by atoms with E-state index in [9.17, 15) is 4.79 Å². The van der Waals surface area contributed by atoms with Crippen molar-refractivity contribution >= 4 is 28.8 Å². The third-order valence-electron chi connectivity index (χ3n) is 4.98. The highest BCUT2D eigenvalue weighted by molar-refractivity contribution is 5.95. The van der Waals surface area contributed by atoms with Crippen LogP contribution in [0.15, 0.2) is 72.8 Å². The van der Waals surface area contributed by atoms with E-state index in [1.807, 2.05) is 60.1 Å². The van der Waals surface area contributed by atoms with Crippen LogP contribution in [0, 0.1) is 0 Å². The van der Waals surface area contributed by atoms with Crippen LogP contribution in [0.1, 0.15) is 21.7 Å². The maximum atomic E-state index is 12.8. The van der Waals surface area contributed by atoms with Gasteiger partial charge in [0.25, 0.3) is 0 Å². The van der Waals surface area contributed by atoms with Gasteiger partial charge in [-0.25, -0.2) is 9.78 Å². The summed E-state index contributed by atoms with van der Waals surface area (Å²) >= 11 is 0. The van der Waals surface area contributed by atoms with Gasteiger partial charge in [0.2, 0.25) is 0 Å². The lowest BCUT2D eigenvalue weighted by molar-refractivity contribution is 0.0693. The number of esters is 1. The maximum absolute atomic E-state index is 12.8. The Labute approximate surface area is 180 Å². The van der Waals surface area contributed by atoms with E-state index in [4.69, 9.17) is 14.2 Å².